The molecule has 5 heteroatoms. The van der Waals surface area contributed by atoms with Crippen LogP contribution in [0.3, 0.4) is 0 Å². The van der Waals surface area contributed by atoms with Crippen molar-refractivity contribution in [3.8, 4) is 0 Å². The van der Waals surface area contributed by atoms with Gasteiger partial charge in [0.2, 0.25) is 0 Å². The molecule has 0 N–H and O–H groups in total. The van der Waals surface area contributed by atoms with Crippen molar-refractivity contribution in [1.29, 1.82) is 0 Å². The molecule has 0 aliphatic heterocycles. The van der Waals surface area contributed by atoms with Crippen LogP contribution in [0.2, 0.25) is 5.02 Å². The fraction of sp³-hybridized carbons (Fsp3) is 0. The van der Waals surface area contributed by atoms with Gasteiger partial charge in [-0.25, -0.2) is 4.39 Å². The van der Waals surface area contributed by atoms with Crippen molar-refractivity contribution in [1.82, 2.24) is 0 Å². The highest BCUT2D eigenvalue weighted by Crippen LogP contribution is 2.29. The molecule has 1 aromatic carbocycles. The smallest absolute Gasteiger partial charge is 0.150 e. The van der Waals surface area contributed by atoms with Crippen molar-refractivity contribution in [2.45, 2.75) is 0 Å². The standard InChI is InChI=1S/C7H2BrClFNS/c8-4-1-6(10)7(11-3-12)2-5(4)9/h1-2H. The molecule has 0 aliphatic rings. The second kappa shape index (κ2) is 4.10. The largest absolute Gasteiger partial charge is 0.205 e. The van der Waals surface area contributed by atoms with E-state index in [1.54, 1.807) is 0 Å². The van der Waals surface area contributed by atoms with Gasteiger partial charge in [-0.05, 0) is 40.3 Å². The van der Waals surface area contributed by atoms with Gasteiger partial charge in [0.15, 0.2) is 5.82 Å². The Labute approximate surface area is 87.4 Å². The van der Waals surface area contributed by atoms with Gasteiger partial charge in [0.1, 0.15) is 5.69 Å². The summed E-state index contributed by atoms with van der Waals surface area (Å²) < 4.78 is 13.4. The van der Waals surface area contributed by atoms with E-state index in [0.717, 1.165) is 0 Å². The van der Waals surface area contributed by atoms with Crippen LogP contribution in [0.4, 0.5) is 10.1 Å². The van der Waals surface area contributed by atoms with Crippen LogP contribution in [-0.4, -0.2) is 5.16 Å². The number of hydrogen-bond acceptors (Lipinski definition) is 2. The summed E-state index contributed by atoms with van der Waals surface area (Å²) >= 11 is 13.1. The van der Waals surface area contributed by atoms with Crippen LogP contribution in [0.5, 0.6) is 0 Å². The van der Waals surface area contributed by atoms with Crippen molar-refractivity contribution >= 4 is 50.6 Å². The summed E-state index contributed by atoms with van der Waals surface area (Å²) in [6.07, 6.45) is 0. The highest BCUT2D eigenvalue weighted by atomic mass is 79.9. The molecular weight excluding hydrogens is 265 g/mol. The summed E-state index contributed by atoms with van der Waals surface area (Å²) in [5.74, 6) is -0.483. The molecule has 0 bridgehead atoms. The summed E-state index contributed by atoms with van der Waals surface area (Å²) in [7, 11) is 0. The first kappa shape index (κ1) is 9.81. The fourth-order valence-corrected chi connectivity index (χ4v) is 1.22. The Hall–Kier alpha value is -0.280. The monoisotopic (exact) mass is 265 g/mol. The summed E-state index contributed by atoms with van der Waals surface area (Å²) in [4.78, 5) is 3.49. The van der Waals surface area contributed by atoms with Crippen LogP contribution in [0, 0.1) is 5.82 Å². The number of benzene rings is 1. The zero-order chi connectivity index (χ0) is 9.14. The van der Waals surface area contributed by atoms with Gasteiger partial charge in [-0.1, -0.05) is 11.6 Å². The van der Waals surface area contributed by atoms with Gasteiger partial charge in [0.25, 0.3) is 0 Å². The minimum absolute atomic E-state index is 0.0956. The Morgan fingerprint density at radius 2 is 2.25 bits per heavy atom. The van der Waals surface area contributed by atoms with E-state index in [1.165, 1.54) is 12.1 Å². The maximum Gasteiger partial charge on any atom is 0.150 e. The van der Waals surface area contributed by atoms with E-state index >= 15 is 0 Å². The van der Waals surface area contributed by atoms with Gasteiger partial charge in [0.05, 0.1) is 10.2 Å². The zero-order valence-electron chi connectivity index (χ0n) is 5.64. The van der Waals surface area contributed by atoms with E-state index in [9.17, 15) is 4.39 Å². The summed E-state index contributed by atoms with van der Waals surface area (Å²) in [6, 6.07) is 2.61. The SMILES string of the molecule is Fc1cc(Br)c(Cl)cc1N=C=S. The lowest BCUT2D eigenvalue weighted by Crippen LogP contribution is -1.77. The summed E-state index contributed by atoms with van der Waals surface area (Å²) in [5.41, 5.74) is 0.0956. The molecule has 0 atom stereocenters. The normalized spacial score (nSPS) is 9.25. The van der Waals surface area contributed by atoms with E-state index in [2.05, 4.69) is 38.3 Å². The molecule has 1 aromatic rings. The van der Waals surface area contributed by atoms with Gasteiger partial charge in [-0.2, -0.15) is 4.99 Å². The number of aliphatic imine (C=N–C) groups is 1. The lowest BCUT2D eigenvalue weighted by atomic mass is 10.3. The first-order chi connectivity index (χ1) is 5.65. The molecule has 0 aromatic heterocycles. The number of rotatable bonds is 1. The van der Waals surface area contributed by atoms with Gasteiger partial charge in [-0.3, -0.25) is 0 Å². The van der Waals surface area contributed by atoms with E-state index in [4.69, 9.17) is 11.6 Å². The van der Waals surface area contributed by atoms with Crippen molar-refractivity contribution < 1.29 is 4.39 Å². The number of thiocarbonyl (C=S) groups is 1. The molecule has 0 spiro atoms. The molecule has 0 saturated carbocycles. The van der Waals surface area contributed by atoms with Crippen molar-refractivity contribution in [2.24, 2.45) is 4.99 Å². The predicted molar refractivity (Wildman–Crippen MR) is 53.8 cm³/mol. The quantitative estimate of drug-likeness (QED) is 0.425. The molecule has 0 radical (unpaired) electrons. The Balaban J connectivity index is 3.32. The topological polar surface area (TPSA) is 12.4 Å². The minimum atomic E-state index is -0.483. The summed E-state index contributed by atoms with van der Waals surface area (Å²) in [5, 5.41) is 2.46. The highest BCUT2D eigenvalue weighted by molar-refractivity contribution is 9.10. The van der Waals surface area contributed by atoms with E-state index < -0.39 is 5.82 Å². The fourth-order valence-electron chi connectivity index (χ4n) is 0.647. The maximum atomic E-state index is 12.9. The van der Waals surface area contributed by atoms with Crippen LogP contribution in [0.15, 0.2) is 21.6 Å². The number of nitrogens with zero attached hydrogens (tertiary/aromatic N) is 1. The minimum Gasteiger partial charge on any atom is -0.205 e. The lowest BCUT2D eigenvalue weighted by molar-refractivity contribution is 0.629. The van der Waals surface area contributed by atoms with Crippen LogP contribution in [-0.2, 0) is 0 Å². The molecule has 12 heavy (non-hydrogen) atoms. The van der Waals surface area contributed by atoms with Crippen LogP contribution in [0.1, 0.15) is 0 Å². The van der Waals surface area contributed by atoms with E-state index in [1.807, 2.05) is 0 Å². The lowest BCUT2D eigenvalue weighted by Gasteiger charge is -1.97. The molecule has 0 saturated heterocycles. The van der Waals surface area contributed by atoms with E-state index in [-0.39, 0.29) is 5.69 Å². The average Bonchev–Trinajstić information content (AvgIpc) is 2.01. The van der Waals surface area contributed by atoms with Gasteiger partial charge < -0.3 is 0 Å². The predicted octanol–water partition coefficient (Wildman–Crippen LogP) is 3.98. The summed E-state index contributed by atoms with van der Waals surface area (Å²) in [6.45, 7) is 0. The average molecular weight is 267 g/mol. The first-order valence-electron chi connectivity index (χ1n) is 2.87. The van der Waals surface area contributed by atoms with Crippen molar-refractivity contribution in [3.63, 3.8) is 0 Å². The second-order valence-corrected chi connectivity index (χ2v) is 3.36. The molecule has 0 unspecified atom stereocenters. The molecule has 1 rings (SSSR count). The molecule has 0 aliphatic carbocycles. The van der Waals surface area contributed by atoms with Gasteiger partial charge >= 0.3 is 0 Å². The Kier molecular flexibility index (Phi) is 3.35. The van der Waals surface area contributed by atoms with Crippen LogP contribution < -0.4 is 0 Å². The first-order valence-corrected chi connectivity index (χ1v) is 4.45. The molecular formula is C7H2BrClFNS. The number of hydrogen-bond donors (Lipinski definition) is 0. The highest BCUT2D eigenvalue weighted by Gasteiger charge is 2.04. The van der Waals surface area contributed by atoms with Gasteiger partial charge in [0, 0.05) is 4.47 Å². The third kappa shape index (κ3) is 2.11. The number of halogens is 3. The van der Waals surface area contributed by atoms with Gasteiger partial charge in [-0.15, -0.1) is 0 Å². The van der Waals surface area contributed by atoms with Crippen LogP contribution in [0.25, 0.3) is 0 Å². The molecule has 0 heterocycles. The molecule has 0 amide bonds. The van der Waals surface area contributed by atoms with E-state index in [0.29, 0.717) is 9.50 Å². The molecule has 62 valence electrons. The van der Waals surface area contributed by atoms with Crippen LogP contribution >= 0.6 is 39.7 Å². The maximum absolute atomic E-state index is 12.9. The third-order valence-corrected chi connectivity index (χ3v) is 2.44. The number of isothiocyanates is 1. The van der Waals surface area contributed by atoms with Crippen molar-refractivity contribution in [2.75, 3.05) is 0 Å². The molecule has 1 nitrogen and oxygen atoms in total. The Bertz CT molecular complexity index is 363. The Morgan fingerprint density at radius 3 is 2.83 bits per heavy atom. The third-order valence-electron chi connectivity index (χ3n) is 1.16. The Morgan fingerprint density at radius 1 is 1.58 bits per heavy atom. The second-order valence-electron chi connectivity index (χ2n) is 1.92. The molecule has 0 fully saturated rings. The zero-order valence-corrected chi connectivity index (χ0v) is 8.80. The van der Waals surface area contributed by atoms with Crippen molar-refractivity contribution in [3.05, 3.63) is 27.4 Å².